The zero-order chi connectivity index (χ0) is 14.9. The van der Waals surface area contributed by atoms with Gasteiger partial charge in [-0.1, -0.05) is 52.4 Å². The monoisotopic (exact) mass is 307 g/mol. The second kappa shape index (κ2) is 9.63. The van der Waals surface area contributed by atoms with Gasteiger partial charge in [-0.3, -0.25) is 0 Å². The van der Waals surface area contributed by atoms with Gasteiger partial charge >= 0.3 is 0 Å². The lowest BCUT2D eigenvalue weighted by molar-refractivity contribution is 0.368. The molecule has 0 saturated carbocycles. The first-order chi connectivity index (χ1) is 10.4. The fraction of sp³-hybridized carbons (Fsp3) is 0.789. The smallest absolute Gasteiger partial charge is 0.0136 e. The molecule has 1 N–H and O–H groups in total. The van der Waals surface area contributed by atoms with Crippen molar-refractivity contribution < 1.29 is 0 Å². The van der Waals surface area contributed by atoms with Crippen LogP contribution in [0.3, 0.4) is 0 Å². The highest BCUT2D eigenvalue weighted by atomic mass is 32.1. The summed E-state index contributed by atoms with van der Waals surface area (Å²) >= 11 is 1.97. The number of thiophene rings is 1. The number of hydrogen-bond donors (Lipinski definition) is 1. The quantitative estimate of drug-likeness (QED) is 0.531. The average Bonchev–Trinajstić information content (AvgIpc) is 2.98. The molecule has 0 aromatic carbocycles. The Bertz CT molecular complexity index is 385. The highest BCUT2D eigenvalue weighted by Crippen LogP contribution is 2.38. The zero-order valence-corrected chi connectivity index (χ0v) is 14.8. The van der Waals surface area contributed by atoms with Gasteiger partial charge in [0.1, 0.15) is 0 Å². The van der Waals surface area contributed by atoms with Gasteiger partial charge in [-0.05, 0) is 49.2 Å². The maximum Gasteiger partial charge on any atom is 0.0136 e. The number of nitrogens with one attached hydrogen (secondary N) is 1. The lowest BCUT2D eigenvalue weighted by Gasteiger charge is -2.31. The summed E-state index contributed by atoms with van der Waals surface area (Å²) in [5.41, 5.74) is 1.67. The summed E-state index contributed by atoms with van der Waals surface area (Å²) in [6.45, 7) is 5.66. The topological polar surface area (TPSA) is 12.0 Å². The van der Waals surface area contributed by atoms with Crippen LogP contribution in [-0.2, 0) is 6.42 Å². The average molecular weight is 308 g/mol. The number of hydrogen-bond acceptors (Lipinski definition) is 2. The molecule has 0 aliphatic heterocycles. The van der Waals surface area contributed by atoms with Gasteiger partial charge in [-0.25, -0.2) is 0 Å². The third kappa shape index (κ3) is 5.10. The number of unbranched alkanes of at least 4 members (excludes halogenated alkanes) is 5. The van der Waals surface area contributed by atoms with E-state index in [1.165, 1.54) is 64.2 Å². The van der Waals surface area contributed by atoms with E-state index in [9.17, 15) is 0 Å². The maximum atomic E-state index is 3.79. The van der Waals surface area contributed by atoms with E-state index >= 15 is 0 Å². The van der Waals surface area contributed by atoms with Crippen molar-refractivity contribution in [3.05, 3.63) is 21.9 Å². The summed E-state index contributed by atoms with van der Waals surface area (Å²) in [4.78, 5) is 1.66. The SMILES string of the molecule is CCCCCCCCC(NCC)C1CCCc2sccc21. The van der Waals surface area contributed by atoms with Crippen LogP contribution in [0, 0.1) is 0 Å². The van der Waals surface area contributed by atoms with E-state index in [1.54, 1.807) is 10.4 Å². The molecule has 0 bridgehead atoms. The van der Waals surface area contributed by atoms with E-state index in [4.69, 9.17) is 0 Å². The Morgan fingerprint density at radius 3 is 2.81 bits per heavy atom. The summed E-state index contributed by atoms with van der Waals surface area (Å²) < 4.78 is 0. The molecule has 1 aliphatic carbocycles. The molecule has 1 nitrogen and oxygen atoms in total. The molecule has 2 unspecified atom stereocenters. The van der Waals surface area contributed by atoms with Crippen LogP contribution in [0.15, 0.2) is 11.4 Å². The minimum absolute atomic E-state index is 0.704. The first-order valence-electron chi connectivity index (χ1n) is 9.16. The Morgan fingerprint density at radius 1 is 1.19 bits per heavy atom. The minimum atomic E-state index is 0.704. The molecule has 0 spiro atoms. The molecule has 0 amide bonds. The van der Waals surface area contributed by atoms with E-state index in [2.05, 4.69) is 30.6 Å². The summed E-state index contributed by atoms with van der Waals surface area (Å²) in [6, 6.07) is 3.10. The first-order valence-corrected chi connectivity index (χ1v) is 10.0. The minimum Gasteiger partial charge on any atom is -0.314 e. The van der Waals surface area contributed by atoms with Gasteiger partial charge in [-0.15, -0.1) is 11.3 Å². The predicted octanol–water partition coefficient (Wildman–Crippen LogP) is 5.90. The van der Waals surface area contributed by atoms with Crippen molar-refractivity contribution in [3.8, 4) is 0 Å². The van der Waals surface area contributed by atoms with Crippen molar-refractivity contribution in [2.75, 3.05) is 6.54 Å². The second-order valence-corrected chi connectivity index (χ2v) is 7.52. The summed E-state index contributed by atoms with van der Waals surface area (Å²) in [6.07, 6.45) is 13.9. The molecule has 120 valence electrons. The molecule has 1 aliphatic rings. The Morgan fingerprint density at radius 2 is 2.00 bits per heavy atom. The molecule has 2 rings (SSSR count). The van der Waals surface area contributed by atoms with Crippen LogP contribution in [-0.4, -0.2) is 12.6 Å². The molecule has 0 radical (unpaired) electrons. The molecule has 2 heteroatoms. The van der Waals surface area contributed by atoms with E-state index in [0.29, 0.717) is 6.04 Å². The van der Waals surface area contributed by atoms with Crippen LogP contribution in [0.5, 0.6) is 0 Å². The third-order valence-electron chi connectivity index (χ3n) is 4.92. The van der Waals surface area contributed by atoms with E-state index < -0.39 is 0 Å². The van der Waals surface area contributed by atoms with Crippen molar-refractivity contribution in [2.24, 2.45) is 0 Å². The largest absolute Gasteiger partial charge is 0.314 e. The normalized spacial score (nSPS) is 19.4. The standard InChI is InChI=1S/C19H33NS/c1-3-5-6-7-8-9-12-18(20-4-2)16-11-10-13-19-17(16)14-15-21-19/h14-16,18,20H,3-13H2,1-2H3. The van der Waals surface area contributed by atoms with Crippen molar-refractivity contribution in [1.82, 2.24) is 5.32 Å². The van der Waals surface area contributed by atoms with Gasteiger partial charge in [0.2, 0.25) is 0 Å². The van der Waals surface area contributed by atoms with Crippen LogP contribution < -0.4 is 5.32 Å². The van der Waals surface area contributed by atoms with Gasteiger partial charge in [0.25, 0.3) is 0 Å². The van der Waals surface area contributed by atoms with E-state index in [-0.39, 0.29) is 0 Å². The maximum absolute atomic E-state index is 3.79. The molecule has 1 aromatic heterocycles. The number of likely N-dealkylation sites (N-methyl/N-ethyl adjacent to an activating group) is 1. The summed E-state index contributed by atoms with van der Waals surface area (Å²) in [5.74, 6) is 0.774. The van der Waals surface area contributed by atoms with Crippen molar-refractivity contribution in [3.63, 3.8) is 0 Å². The fourth-order valence-electron chi connectivity index (χ4n) is 3.79. The molecule has 0 saturated heterocycles. The lowest BCUT2D eigenvalue weighted by atomic mass is 9.80. The molecule has 1 heterocycles. The van der Waals surface area contributed by atoms with Gasteiger partial charge in [-0.2, -0.15) is 0 Å². The summed E-state index contributed by atoms with van der Waals surface area (Å²) in [5, 5.41) is 6.09. The van der Waals surface area contributed by atoms with Gasteiger partial charge < -0.3 is 5.32 Å². The second-order valence-electron chi connectivity index (χ2n) is 6.52. The highest BCUT2D eigenvalue weighted by Gasteiger charge is 2.27. The molecule has 0 fully saturated rings. The molecular formula is C19H33NS. The third-order valence-corrected chi connectivity index (χ3v) is 5.92. The molecule has 21 heavy (non-hydrogen) atoms. The van der Waals surface area contributed by atoms with Gasteiger partial charge in [0, 0.05) is 16.8 Å². The number of fused-ring (bicyclic) bond motifs is 1. The zero-order valence-electron chi connectivity index (χ0n) is 14.0. The van der Waals surface area contributed by atoms with Gasteiger partial charge in [0.05, 0.1) is 0 Å². The lowest BCUT2D eigenvalue weighted by Crippen LogP contribution is -2.36. The van der Waals surface area contributed by atoms with Crippen LogP contribution >= 0.6 is 11.3 Å². The number of aryl methyl sites for hydroxylation is 1. The highest BCUT2D eigenvalue weighted by molar-refractivity contribution is 7.10. The first kappa shape index (κ1) is 17.0. The number of rotatable bonds is 10. The van der Waals surface area contributed by atoms with Crippen LogP contribution in [0.25, 0.3) is 0 Å². The van der Waals surface area contributed by atoms with Gasteiger partial charge in [0.15, 0.2) is 0 Å². The van der Waals surface area contributed by atoms with Crippen LogP contribution in [0.4, 0.5) is 0 Å². The predicted molar refractivity (Wildman–Crippen MR) is 95.5 cm³/mol. The van der Waals surface area contributed by atoms with Crippen LogP contribution in [0.2, 0.25) is 0 Å². The molecular weight excluding hydrogens is 274 g/mol. The van der Waals surface area contributed by atoms with Crippen LogP contribution in [0.1, 0.15) is 88.0 Å². The van der Waals surface area contributed by atoms with Crippen molar-refractivity contribution in [1.29, 1.82) is 0 Å². The fourth-order valence-corrected chi connectivity index (χ4v) is 4.79. The molecule has 2 atom stereocenters. The molecule has 1 aromatic rings. The Balaban J connectivity index is 1.82. The Hall–Kier alpha value is -0.340. The summed E-state index contributed by atoms with van der Waals surface area (Å²) in [7, 11) is 0. The van der Waals surface area contributed by atoms with Crippen molar-refractivity contribution in [2.45, 2.75) is 90.0 Å². The van der Waals surface area contributed by atoms with Crippen molar-refractivity contribution >= 4 is 11.3 Å². The Labute approximate surface area is 135 Å². The van der Waals surface area contributed by atoms with E-state index in [1.807, 2.05) is 11.3 Å². The van der Waals surface area contributed by atoms with E-state index in [0.717, 1.165) is 12.5 Å². The Kier molecular flexibility index (Phi) is 7.81.